The van der Waals surface area contributed by atoms with Gasteiger partial charge in [0.25, 0.3) is 11.6 Å². The van der Waals surface area contributed by atoms with Crippen molar-refractivity contribution in [2.24, 2.45) is 0 Å². The summed E-state index contributed by atoms with van der Waals surface area (Å²) < 4.78 is 6.64. The highest BCUT2D eigenvalue weighted by molar-refractivity contribution is 6.04. The molecule has 0 saturated carbocycles. The molecule has 0 radical (unpaired) electrons. The van der Waals surface area contributed by atoms with Gasteiger partial charge in [0.05, 0.1) is 24.7 Å². The lowest BCUT2D eigenvalue weighted by atomic mass is 10.1. The number of methoxy groups -OCH3 is 1. The minimum atomic E-state index is -0.814. The Morgan fingerprint density at radius 1 is 1.30 bits per heavy atom. The van der Waals surface area contributed by atoms with Crippen LogP contribution in [0.3, 0.4) is 0 Å². The van der Waals surface area contributed by atoms with Gasteiger partial charge in [0.15, 0.2) is 0 Å². The second-order valence-corrected chi connectivity index (χ2v) is 6.64. The van der Waals surface area contributed by atoms with E-state index in [9.17, 15) is 19.7 Å². The van der Waals surface area contributed by atoms with Crippen LogP contribution in [0.2, 0.25) is 0 Å². The van der Waals surface area contributed by atoms with Crippen LogP contribution in [0.15, 0.2) is 54.7 Å². The molecule has 2 amide bonds. The van der Waals surface area contributed by atoms with Crippen LogP contribution in [-0.2, 0) is 9.59 Å². The fraction of sp³-hybridized carbons (Fsp3) is 0.150. The second-order valence-electron chi connectivity index (χ2n) is 6.64. The number of carbonyl (C=O) groups excluding carboxylic acids is 2. The van der Waals surface area contributed by atoms with Gasteiger partial charge in [0, 0.05) is 23.4 Å². The van der Waals surface area contributed by atoms with Crippen LogP contribution in [0.1, 0.15) is 12.5 Å². The van der Waals surface area contributed by atoms with Gasteiger partial charge < -0.3 is 15.4 Å². The van der Waals surface area contributed by atoms with E-state index in [-0.39, 0.29) is 23.7 Å². The molecule has 4 rings (SSSR count). The number of carbonyl (C=O) groups is 2. The van der Waals surface area contributed by atoms with Crippen LogP contribution in [-0.4, -0.2) is 33.6 Å². The van der Waals surface area contributed by atoms with Gasteiger partial charge in [-0.2, -0.15) is 5.10 Å². The molecule has 0 aliphatic carbocycles. The van der Waals surface area contributed by atoms with Crippen molar-refractivity contribution in [3.63, 3.8) is 0 Å². The summed E-state index contributed by atoms with van der Waals surface area (Å²) in [5.41, 5.74) is 1.73. The van der Waals surface area contributed by atoms with Crippen molar-refractivity contribution in [2.45, 2.75) is 12.5 Å². The Hall–Kier alpha value is -4.21. The summed E-state index contributed by atoms with van der Waals surface area (Å²) in [6, 6.07) is 12.1. The molecule has 2 aromatic carbocycles. The Kier molecular flexibility index (Phi) is 4.88. The highest BCUT2D eigenvalue weighted by atomic mass is 16.6. The Balaban J connectivity index is 1.51. The number of benzene rings is 2. The van der Waals surface area contributed by atoms with Crippen LogP contribution in [0.25, 0.3) is 11.1 Å². The largest absolute Gasteiger partial charge is 0.497 e. The maximum absolute atomic E-state index is 12.4. The molecule has 10 heteroatoms. The van der Waals surface area contributed by atoms with Gasteiger partial charge in [-0.3, -0.25) is 19.7 Å². The third-order valence-corrected chi connectivity index (χ3v) is 4.76. The summed E-state index contributed by atoms with van der Waals surface area (Å²) in [6.45, 7) is 0. The van der Waals surface area contributed by atoms with Crippen molar-refractivity contribution < 1.29 is 19.2 Å². The number of amides is 2. The van der Waals surface area contributed by atoms with E-state index in [2.05, 4.69) is 15.7 Å². The molecule has 1 atom stereocenters. The minimum Gasteiger partial charge on any atom is -0.497 e. The van der Waals surface area contributed by atoms with Crippen molar-refractivity contribution in [2.75, 3.05) is 17.7 Å². The van der Waals surface area contributed by atoms with Gasteiger partial charge in [0.1, 0.15) is 17.6 Å². The Morgan fingerprint density at radius 2 is 2.07 bits per heavy atom. The first kappa shape index (κ1) is 19.1. The number of non-ortho nitro benzene ring substituents is 1. The lowest BCUT2D eigenvalue weighted by molar-refractivity contribution is -0.384. The molecule has 0 spiro atoms. The molecule has 30 heavy (non-hydrogen) atoms. The van der Waals surface area contributed by atoms with Crippen molar-refractivity contribution in [3.8, 4) is 16.9 Å². The number of hydrogen-bond donors (Lipinski definition) is 2. The highest BCUT2D eigenvalue weighted by Gasteiger charge is 2.35. The first-order valence-electron chi connectivity index (χ1n) is 9.03. The van der Waals surface area contributed by atoms with Crippen LogP contribution in [0, 0.1) is 10.1 Å². The predicted octanol–water partition coefficient (Wildman–Crippen LogP) is 2.99. The van der Waals surface area contributed by atoms with Gasteiger partial charge in [-0.25, -0.2) is 4.68 Å². The Morgan fingerprint density at radius 3 is 2.77 bits per heavy atom. The lowest BCUT2D eigenvalue weighted by Gasteiger charge is -2.09. The first-order chi connectivity index (χ1) is 14.5. The van der Waals surface area contributed by atoms with E-state index in [4.69, 9.17) is 4.74 Å². The summed E-state index contributed by atoms with van der Waals surface area (Å²) in [6.07, 6.45) is 1.47. The maximum atomic E-state index is 12.4. The molecule has 1 aromatic heterocycles. The molecule has 3 aromatic rings. The Labute approximate surface area is 170 Å². The highest BCUT2D eigenvalue weighted by Crippen LogP contribution is 2.36. The number of nitro groups is 1. The monoisotopic (exact) mass is 407 g/mol. The van der Waals surface area contributed by atoms with Crippen molar-refractivity contribution in [1.29, 1.82) is 0 Å². The van der Waals surface area contributed by atoms with E-state index >= 15 is 0 Å². The third-order valence-electron chi connectivity index (χ3n) is 4.76. The second kappa shape index (κ2) is 7.66. The zero-order valence-corrected chi connectivity index (χ0v) is 15.9. The van der Waals surface area contributed by atoms with Crippen LogP contribution in [0.4, 0.5) is 17.2 Å². The van der Waals surface area contributed by atoms with Crippen molar-refractivity contribution in [3.05, 3.63) is 64.8 Å². The summed E-state index contributed by atoms with van der Waals surface area (Å²) in [4.78, 5) is 35.2. The summed E-state index contributed by atoms with van der Waals surface area (Å²) >= 11 is 0. The standard InChI is InChI=1S/C20H17N5O5/c1-30-15-7-5-12(6-8-15)16-11-21-24-17(20(27)23-19(16)24)10-18(26)22-13-3-2-4-14(9-13)25(28)29/h2-9,11,17H,10H2,1H3,(H,22,26)(H,23,27). The predicted molar refractivity (Wildman–Crippen MR) is 108 cm³/mol. The molecule has 1 aliphatic rings. The zero-order chi connectivity index (χ0) is 21.3. The smallest absolute Gasteiger partial charge is 0.271 e. The van der Waals surface area contributed by atoms with Crippen LogP contribution in [0.5, 0.6) is 5.75 Å². The van der Waals surface area contributed by atoms with Gasteiger partial charge in [-0.05, 0) is 23.8 Å². The van der Waals surface area contributed by atoms with E-state index in [0.717, 1.165) is 11.1 Å². The number of nitro benzene ring substituents is 1. The number of aromatic nitrogens is 2. The van der Waals surface area contributed by atoms with Gasteiger partial charge >= 0.3 is 0 Å². The zero-order valence-electron chi connectivity index (χ0n) is 15.9. The average Bonchev–Trinajstić information content (AvgIpc) is 3.27. The molecule has 1 unspecified atom stereocenters. The quantitative estimate of drug-likeness (QED) is 0.477. The summed E-state index contributed by atoms with van der Waals surface area (Å²) in [5, 5.41) is 20.5. The number of ether oxygens (including phenoxy) is 1. The number of hydrogen-bond acceptors (Lipinski definition) is 6. The summed E-state index contributed by atoms with van der Waals surface area (Å²) in [5.74, 6) is 0.424. The topological polar surface area (TPSA) is 128 Å². The number of rotatable bonds is 6. The fourth-order valence-corrected chi connectivity index (χ4v) is 3.28. The third kappa shape index (κ3) is 3.58. The maximum Gasteiger partial charge on any atom is 0.271 e. The van der Waals surface area contributed by atoms with Crippen molar-refractivity contribution >= 4 is 29.0 Å². The molecular weight excluding hydrogens is 390 g/mol. The number of anilines is 2. The van der Waals surface area contributed by atoms with Gasteiger partial charge in [0.2, 0.25) is 5.91 Å². The molecule has 0 bridgehead atoms. The van der Waals surface area contributed by atoms with E-state index < -0.39 is 16.9 Å². The van der Waals surface area contributed by atoms with Gasteiger partial charge in [-0.15, -0.1) is 0 Å². The van der Waals surface area contributed by atoms with Crippen molar-refractivity contribution in [1.82, 2.24) is 9.78 Å². The number of nitrogens with zero attached hydrogens (tertiary/aromatic N) is 3. The molecule has 0 saturated heterocycles. The molecule has 2 heterocycles. The van der Waals surface area contributed by atoms with E-state index in [0.29, 0.717) is 11.6 Å². The number of nitrogens with one attached hydrogen (secondary N) is 2. The average molecular weight is 407 g/mol. The lowest BCUT2D eigenvalue weighted by Crippen LogP contribution is -2.23. The van der Waals surface area contributed by atoms with Crippen LogP contribution >= 0.6 is 0 Å². The normalized spacial score (nSPS) is 14.7. The van der Waals surface area contributed by atoms with Gasteiger partial charge in [-0.1, -0.05) is 18.2 Å². The SMILES string of the molecule is COc1ccc(-c2cnn3c2NC(=O)C3CC(=O)Nc2cccc([N+](=O)[O-])c2)cc1. The van der Waals surface area contributed by atoms with E-state index in [1.165, 1.54) is 22.9 Å². The molecule has 2 N–H and O–H groups in total. The molecule has 152 valence electrons. The molecular formula is C20H17N5O5. The molecule has 1 aliphatic heterocycles. The minimum absolute atomic E-state index is 0.134. The van der Waals surface area contributed by atoms with E-state index in [1.54, 1.807) is 31.5 Å². The molecule has 0 fully saturated rings. The van der Waals surface area contributed by atoms with E-state index in [1.807, 2.05) is 12.1 Å². The van der Waals surface area contributed by atoms with Crippen LogP contribution < -0.4 is 15.4 Å². The first-order valence-corrected chi connectivity index (χ1v) is 9.03. The molecule has 10 nitrogen and oxygen atoms in total. The fourth-order valence-electron chi connectivity index (χ4n) is 3.28. The Bertz CT molecular complexity index is 1140. The number of fused-ring (bicyclic) bond motifs is 1. The summed E-state index contributed by atoms with van der Waals surface area (Å²) in [7, 11) is 1.58.